The SMILES string of the molecule is CC(C)Oc1ccc(-c2ncc(-c3cccc4c3CC[C@H]4N)s2)cc1C#N.CC(C)Oc1ccc(-c2ncc(-c3cccc4c3CC[C@H]4NS(C)(=O)=O)s2)cc1C#N. The van der Waals surface area contributed by atoms with Crippen LogP contribution in [0.25, 0.3) is 42.0 Å². The number of hydrogen-bond acceptors (Lipinski definition) is 11. The molecule has 2 heterocycles. The predicted octanol–water partition coefficient (Wildman–Crippen LogP) is 9.75. The zero-order chi connectivity index (χ0) is 41.1. The molecule has 0 bridgehead atoms. The molecule has 2 aromatic heterocycles. The van der Waals surface area contributed by atoms with Gasteiger partial charge in [0.2, 0.25) is 10.0 Å². The molecule has 13 heteroatoms. The van der Waals surface area contributed by atoms with Gasteiger partial charge in [0.25, 0.3) is 0 Å². The molecule has 0 spiro atoms. The molecule has 0 radical (unpaired) electrons. The summed E-state index contributed by atoms with van der Waals surface area (Å²) >= 11 is 3.20. The van der Waals surface area contributed by atoms with Gasteiger partial charge in [-0.3, -0.25) is 0 Å². The number of ether oxygens (including phenoxy) is 2. The van der Waals surface area contributed by atoms with E-state index in [1.54, 1.807) is 22.7 Å². The van der Waals surface area contributed by atoms with Crippen LogP contribution in [0.2, 0.25) is 0 Å². The molecule has 0 unspecified atom stereocenters. The van der Waals surface area contributed by atoms with Gasteiger partial charge in [-0.25, -0.2) is 23.1 Å². The molecule has 3 N–H and O–H groups in total. The maximum Gasteiger partial charge on any atom is 0.209 e. The van der Waals surface area contributed by atoms with Crippen molar-refractivity contribution in [1.29, 1.82) is 10.5 Å². The van der Waals surface area contributed by atoms with Gasteiger partial charge in [-0.05, 0) is 123 Å². The van der Waals surface area contributed by atoms with Gasteiger partial charge in [-0.15, -0.1) is 22.7 Å². The van der Waals surface area contributed by atoms with Gasteiger partial charge < -0.3 is 15.2 Å². The first-order chi connectivity index (χ1) is 27.8. The Bertz CT molecular complexity index is 2670. The Morgan fingerprint density at radius 1 is 0.741 bits per heavy atom. The minimum Gasteiger partial charge on any atom is -0.490 e. The Hall–Kier alpha value is -5.41. The molecule has 8 rings (SSSR count). The number of fused-ring (bicyclic) bond motifs is 2. The smallest absolute Gasteiger partial charge is 0.209 e. The molecule has 6 aromatic rings. The van der Waals surface area contributed by atoms with Crippen molar-refractivity contribution in [3.8, 4) is 65.7 Å². The molecule has 10 nitrogen and oxygen atoms in total. The van der Waals surface area contributed by atoms with Crippen molar-refractivity contribution < 1.29 is 17.9 Å². The van der Waals surface area contributed by atoms with E-state index in [9.17, 15) is 18.9 Å². The second-order valence-electron chi connectivity index (χ2n) is 14.9. The van der Waals surface area contributed by atoms with Gasteiger partial charge in [0.15, 0.2) is 0 Å². The lowest BCUT2D eigenvalue weighted by Gasteiger charge is -2.13. The van der Waals surface area contributed by atoms with Crippen LogP contribution >= 0.6 is 22.7 Å². The second-order valence-corrected chi connectivity index (χ2v) is 18.8. The van der Waals surface area contributed by atoms with Crippen molar-refractivity contribution in [2.45, 2.75) is 77.7 Å². The van der Waals surface area contributed by atoms with Gasteiger partial charge in [-0.2, -0.15) is 10.5 Å². The van der Waals surface area contributed by atoms with Crippen LogP contribution in [0.3, 0.4) is 0 Å². The monoisotopic (exact) mass is 828 g/mol. The standard InChI is InChI=1S/C23H23N3O3S2.C22H21N3OS/c1-14(2)29-21-10-7-15(11-16(21)12-24)23-25-13-22(30-23)19-6-4-5-18-17(19)8-9-20(18)26-31(3,27)28;1-13(2)26-20-9-6-14(10-15(20)11-23)22-25-12-21(27-22)18-5-3-4-17-16(18)7-8-19(17)24/h4-7,10-11,13-14,20,26H,8-9H2,1-3H3;3-6,9-10,12-13,19H,7-8,24H2,1-2H3/t20-;19-/m11/s1. The molecular formula is C45H44N6O4S3. The van der Waals surface area contributed by atoms with E-state index in [4.69, 9.17) is 15.2 Å². The van der Waals surface area contributed by atoms with Crippen LogP contribution < -0.4 is 19.9 Å². The van der Waals surface area contributed by atoms with E-state index in [2.05, 4.69) is 51.1 Å². The summed E-state index contributed by atoms with van der Waals surface area (Å²) < 4.78 is 37.5. The van der Waals surface area contributed by atoms with Crippen LogP contribution in [0, 0.1) is 22.7 Å². The first kappa shape index (κ1) is 40.8. The van der Waals surface area contributed by atoms with E-state index in [-0.39, 0.29) is 24.3 Å². The lowest BCUT2D eigenvalue weighted by Crippen LogP contribution is -2.25. The van der Waals surface area contributed by atoms with Crippen LogP contribution in [-0.2, 0) is 22.9 Å². The number of nitrogens with one attached hydrogen (secondary N) is 1. The van der Waals surface area contributed by atoms with Crippen LogP contribution in [0.4, 0.5) is 0 Å². The van der Waals surface area contributed by atoms with Crippen molar-refractivity contribution in [1.82, 2.24) is 14.7 Å². The molecule has 296 valence electrons. The molecule has 58 heavy (non-hydrogen) atoms. The molecule has 2 aliphatic carbocycles. The first-order valence-electron chi connectivity index (χ1n) is 19.1. The minimum atomic E-state index is -3.27. The van der Waals surface area contributed by atoms with Crippen molar-refractivity contribution in [3.05, 3.63) is 119 Å². The van der Waals surface area contributed by atoms with Crippen molar-refractivity contribution in [2.75, 3.05) is 6.26 Å². The summed E-state index contributed by atoms with van der Waals surface area (Å²) in [5.74, 6) is 1.19. The molecule has 0 saturated carbocycles. The summed E-state index contributed by atoms with van der Waals surface area (Å²) in [7, 11) is -3.27. The lowest BCUT2D eigenvalue weighted by atomic mass is 10.0. The Labute approximate surface area is 348 Å². The topological polar surface area (TPSA) is 164 Å². The van der Waals surface area contributed by atoms with Crippen LogP contribution in [0.1, 0.15) is 86.0 Å². The van der Waals surface area contributed by atoms with E-state index in [1.807, 2.05) is 88.6 Å². The fourth-order valence-corrected chi connectivity index (χ4v) is 10.2. The highest BCUT2D eigenvalue weighted by Gasteiger charge is 2.28. The van der Waals surface area contributed by atoms with Crippen LogP contribution in [-0.4, -0.2) is 36.8 Å². The molecule has 0 fully saturated rings. The molecule has 4 aromatic carbocycles. The van der Waals surface area contributed by atoms with Gasteiger partial charge in [0.05, 0.1) is 39.3 Å². The quantitative estimate of drug-likeness (QED) is 0.137. The number of nitrogens with zero attached hydrogens (tertiary/aromatic N) is 4. The third-order valence-corrected chi connectivity index (χ3v) is 12.8. The predicted molar refractivity (Wildman–Crippen MR) is 231 cm³/mol. The Kier molecular flexibility index (Phi) is 12.1. The fraction of sp³-hybridized carbons (Fsp3) is 0.289. The fourth-order valence-electron chi connectivity index (χ4n) is 7.46. The third-order valence-electron chi connectivity index (χ3n) is 9.91. The van der Waals surface area contributed by atoms with E-state index >= 15 is 0 Å². The Morgan fingerprint density at radius 2 is 1.22 bits per heavy atom. The first-order valence-corrected chi connectivity index (χ1v) is 22.7. The van der Waals surface area contributed by atoms with Crippen molar-refractivity contribution in [3.63, 3.8) is 0 Å². The summed E-state index contributed by atoms with van der Waals surface area (Å²) in [5, 5.41) is 20.7. The summed E-state index contributed by atoms with van der Waals surface area (Å²) in [6.07, 6.45) is 8.55. The molecule has 0 saturated heterocycles. The zero-order valence-corrected chi connectivity index (χ0v) is 35.4. The Morgan fingerprint density at radius 3 is 1.71 bits per heavy atom. The van der Waals surface area contributed by atoms with E-state index in [1.165, 1.54) is 22.9 Å². The zero-order valence-electron chi connectivity index (χ0n) is 32.9. The van der Waals surface area contributed by atoms with E-state index in [0.717, 1.165) is 73.3 Å². The molecular weight excluding hydrogens is 785 g/mol. The average molecular weight is 829 g/mol. The molecule has 0 aliphatic heterocycles. The van der Waals surface area contributed by atoms with Gasteiger partial charge >= 0.3 is 0 Å². The van der Waals surface area contributed by atoms with E-state index < -0.39 is 10.0 Å². The highest BCUT2D eigenvalue weighted by molar-refractivity contribution is 7.88. The third kappa shape index (κ3) is 9.00. The van der Waals surface area contributed by atoms with E-state index in [0.29, 0.717) is 22.6 Å². The second kappa shape index (κ2) is 17.2. The van der Waals surface area contributed by atoms with Gasteiger partial charge in [0.1, 0.15) is 33.7 Å². The highest BCUT2D eigenvalue weighted by Crippen LogP contribution is 2.43. The summed E-state index contributed by atoms with van der Waals surface area (Å²) in [5.41, 5.74) is 16.1. The number of sulfonamides is 1. The van der Waals surface area contributed by atoms with Gasteiger partial charge in [-0.1, -0.05) is 36.4 Å². The number of rotatable bonds is 10. The summed E-state index contributed by atoms with van der Waals surface area (Å²) in [6, 6.07) is 27.9. The van der Waals surface area contributed by atoms with Crippen molar-refractivity contribution in [2.24, 2.45) is 5.73 Å². The molecule has 0 amide bonds. The summed E-state index contributed by atoms with van der Waals surface area (Å²) in [6.45, 7) is 7.76. The number of hydrogen-bond donors (Lipinski definition) is 2. The van der Waals surface area contributed by atoms with Gasteiger partial charge in [0, 0.05) is 35.6 Å². The highest BCUT2D eigenvalue weighted by atomic mass is 32.2. The number of aromatic nitrogens is 2. The number of nitrogens with two attached hydrogens (primary N) is 1. The normalized spacial score (nSPS) is 15.6. The number of nitriles is 2. The molecule has 2 atom stereocenters. The van der Waals surface area contributed by atoms with Crippen molar-refractivity contribution >= 4 is 32.7 Å². The van der Waals surface area contributed by atoms with Crippen LogP contribution in [0.15, 0.2) is 85.2 Å². The Balaban J connectivity index is 0.000000178. The largest absolute Gasteiger partial charge is 0.490 e. The average Bonchev–Trinajstić information content (AvgIpc) is 4.02. The maximum absolute atomic E-state index is 11.7. The summed E-state index contributed by atoms with van der Waals surface area (Å²) in [4.78, 5) is 11.4. The minimum absolute atomic E-state index is 0.00870. The number of benzene rings is 4. The molecule has 2 aliphatic rings. The maximum atomic E-state index is 11.7. The van der Waals surface area contributed by atoms with Crippen LogP contribution in [0.5, 0.6) is 11.5 Å². The number of thiazole rings is 2. The lowest BCUT2D eigenvalue weighted by molar-refractivity contribution is 0.241.